The summed E-state index contributed by atoms with van der Waals surface area (Å²) in [5, 5.41) is 3.25. The Balaban J connectivity index is 1.63. The normalized spacial score (nSPS) is 11.5. The van der Waals surface area contributed by atoms with Gasteiger partial charge >= 0.3 is 0 Å². The van der Waals surface area contributed by atoms with Crippen molar-refractivity contribution in [3.8, 4) is 0 Å². The standard InChI is InChI=1S/C17H16BrN3O2S/c18-13-11-16-17(21-12-13)15(7-9-20-16)19-8-4-10-24(22,23)14-5-2-1-3-6-14/h1-3,5-7,9,11-12H,4,8,10H2,(H,19,20). The number of sulfone groups is 1. The van der Waals surface area contributed by atoms with Crippen molar-refractivity contribution in [1.82, 2.24) is 9.97 Å². The number of fused-ring (bicyclic) bond motifs is 1. The van der Waals surface area contributed by atoms with Crippen molar-refractivity contribution in [1.29, 1.82) is 0 Å². The second-order valence-electron chi connectivity index (χ2n) is 5.29. The zero-order valence-electron chi connectivity index (χ0n) is 12.8. The SMILES string of the molecule is O=S(=O)(CCCNc1ccnc2cc(Br)cnc12)c1ccccc1. The van der Waals surface area contributed by atoms with Crippen LogP contribution in [0.3, 0.4) is 0 Å². The van der Waals surface area contributed by atoms with E-state index in [2.05, 4.69) is 31.2 Å². The minimum atomic E-state index is -3.24. The van der Waals surface area contributed by atoms with Gasteiger partial charge in [-0.2, -0.15) is 0 Å². The number of rotatable bonds is 6. The predicted molar refractivity (Wildman–Crippen MR) is 98.8 cm³/mol. The second kappa shape index (κ2) is 7.27. The van der Waals surface area contributed by atoms with Crippen LogP contribution in [0.5, 0.6) is 0 Å². The largest absolute Gasteiger partial charge is 0.383 e. The van der Waals surface area contributed by atoms with Gasteiger partial charge in [-0.05, 0) is 46.6 Å². The van der Waals surface area contributed by atoms with Crippen molar-refractivity contribution in [2.24, 2.45) is 0 Å². The zero-order chi connectivity index (χ0) is 17.0. The van der Waals surface area contributed by atoms with Crippen LogP contribution in [0.1, 0.15) is 6.42 Å². The van der Waals surface area contributed by atoms with Crippen LogP contribution in [-0.2, 0) is 9.84 Å². The number of nitrogens with zero attached hydrogens (tertiary/aromatic N) is 2. The highest BCUT2D eigenvalue weighted by atomic mass is 79.9. The first-order valence-electron chi connectivity index (χ1n) is 7.48. The van der Waals surface area contributed by atoms with E-state index in [-0.39, 0.29) is 5.75 Å². The number of benzene rings is 1. The van der Waals surface area contributed by atoms with Gasteiger partial charge in [0.2, 0.25) is 0 Å². The van der Waals surface area contributed by atoms with Crippen molar-refractivity contribution in [2.45, 2.75) is 11.3 Å². The molecule has 0 aliphatic carbocycles. The monoisotopic (exact) mass is 405 g/mol. The van der Waals surface area contributed by atoms with Gasteiger partial charge in [-0.3, -0.25) is 9.97 Å². The first-order valence-corrected chi connectivity index (χ1v) is 9.93. The number of halogens is 1. The topological polar surface area (TPSA) is 72.0 Å². The van der Waals surface area contributed by atoms with Crippen LogP contribution < -0.4 is 5.32 Å². The lowest BCUT2D eigenvalue weighted by atomic mass is 10.3. The Bertz CT molecular complexity index is 946. The van der Waals surface area contributed by atoms with Gasteiger partial charge in [0.05, 0.1) is 21.9 Å². The highest BCUT2D eigenvalue weighted by Crippen LogP contribution is 2.22. The van der Waals surface area contributed by atoms with Crippen LogP contribution in [0.2, 0.25) is 0 Å². The summed E-state index contributed by atoms with van der Waals surface area (Å²) in [5.41, 5.74) is 2.41. The molecule has 124 valence electrons. The maximum Gasteiger partial charge on any atom is 0.178 e. The Kier molecular flexibility index (Phi) is 5.11. The van der Waals surface area contributed by atoms with Crippen LogP contribution in [0.15, 0.2) is 64.2 Å². The Morgan fingerprint density at radius 3 is 2.67 bits per heavy atom. The molecule has 3 aromatic rings. The number of pyridine rings is 2. The van der Waals surface area contributed by atoms with Gasteiger partial charge in [-0.25, -0.2) is 8.42 Å². The fraction of sp³-hybridized carbons (Fsp3) is 0.176. The molecule has 5 nitrogen and oxygen atoms in total. The molecular formula is C17H16BrN3O2S. The molecule has 0 aliphatic rings. The molecule has 1 aromatic carbocycles. The Hall–Kier alpha value is -1.99. The molecule has 0 atom stereocenters. The summed E-state index contributed by atoms with van der Waals surface area (Å²) in [6.07, 6.45) is 3.94. The molecule has 0 unspecified atom stereocenters. The van der Waals surface area contributed by atoms with Crippen molar-refractivity contribution in [3.05, 3.63) is 59.3 Å². The maximum atomic E-state index is 12.2. The quantitative estimate of drug-likeness (QED) is 0.633. The average Bonchev–Trinajstić information content (AvgIpc) is 2.59. The number of anilines is 1. The Morgan fingerprint density at radius 2 is 1.88 bits per heavy atom. The van der Waals surface area contributed by atoms with Crippen molar-refractivity contribution < 1.29 is 8.42 Å². The van der Waals surface area contributed by atoms with Gasteiger partial charge in [0.1, 0.15) is 5.52 Å². The molecule has 0 saturated carbocycles. The molecule has 3 rings (SSSR count). The van der Waals surface area contributed by atoms with E-state index in [1.807, 2.05) is 12.1 Å². The minimum absolute atomic E-state index is 0.103. The van der Waals surface area contributed by atoms with Gasteiger partial charge in [-0.1, -0.05) is 18.2 Å². The summed E-state index contributed by atoms with van der Waals surface area (Å²) < 4.78 is 25.3. The highest BCUT2D eigenvalue weighted by Gasteiger charge is 2.13. The van der Waals surface area contributed by atoms with Crippen LogP contribution in [0.4, 0.5) is 5.69 Å². The average molecular weight is 406 g/mol. The van der Waals surface area contributed by atoms with E-state index in [9.17, 15) is 8.42 Å². The minimum Gasteiger partial charge on any atom is -0.383 e. The summed E-state index contributed by atoms with van der Waals surface area (Å²) in [5.74, 6) is 0.103. The van der Waals surface area contributed by atoms with E-state index >= 15 is 0 Å². The number of hydrogen-bond acceptors (Lipinski definition) is 5. The van der Waals surface area contributed by atoms with Gasteiger partial charge in [0.25, 0.3) is 0 Å². The Morgan fingerprint density at radius 1 is 1.08 bits per heavy atom. The second-order valence-corrected chi connectivity index (χ2v) is 8.32. The first kappa shape index (κ1) is 16.9. The third-order valence-corrected chi connectivity index (χ3v) is 5.80. The molecule has 7 heteroatoms. The van der Waals surface area contributed by atoms with Gasteiger partial charge in [-0.15, -0.1) is 0 Å². The smallest absolute Gasteiger partial charge is 0.178 e. The lowest BCUT2D eigenvalue weighted by molar-refractivity contribution is 0.594. The molecule has 2 heterocycles. The summed E-state index contributed by atoms with van der Waals surface area (Å²) in [4.78, 5) is 9.01. The number of hydrogen-bond donors (Lipinski definition) is 1. The van der Waals surface area contributed by atoms with E-state index in [4.69, 9.17) is 0 Å². The number of nitrogens with one attached hydrogen (secondary N) is 1. The maximum absolute atomic E-state index is 12.2. The van der Waals surface area contributed by atoms with E-state index in [1.165, 1.54) is 0 Å². The van der Waals surface area contributed by atoms with Crippen LogP contribution in [0.25, 0.3) is 11.0 Å². The number of aromatic nitrogens is 2. The lowest BCUT2D eigenvalue weighted by Crippen LogP contribution is -2.12. The molecule has 0 spiro atoms. The summed E-state index contributed by atoms with van der Waals surface area (Å²) in [6, 6.07) is 12.3. The molecule has 1 N–H and O–H groups in total. The third-order valence-electron chi connectivity index (χ3n) is 3.55. The van der Waals surface area contributed by atoms with Gasteiger partial charge in [0, 0.05) is 23.4 Å². The van der Waals surface area contributed by atoms with E-state index in [0.717, 1.165) is 21.2 Å². The van der Waals surface area contributed by atoms with E-state index < -0.39 is 9.84 Å². The van der Waals surface area contributed by atoms with Crippen molar-refractivity contribution in [3.63, 3.8) is 0 Å². The molecule has 0 saturated heterocycles. The van der Waals surface area contributed by atoms with E-state index in [1.54, 1.807) is 42.7 Å². The predicted octanol–water partition coefficient (Wildman–Crippen LogP) is 3.67. The van der Waals surface area contributed by atoms with E-state index in [0.29, 0.717) is 17.9 Å². The molecular weight excluding hydrogens is 390 g/mol. The van der Waals surface area contributed by atoms with Gasteiger partial charge in [0.15, 0.2) is 9.84 Å². The third kappa shape index (κ3) is 3.91. The molecule has 0 fully saturated rings. The molecule has 0 aliphatic heterocycles. The molecule has 24 heavy (non-hydrogen) atoms. The highest BCUT2D eigenvalue weighted by molar-refractivity contribution is 9.10. The fourth-order valence-electron chi connectivity index (χ4n) is 2.38. The van der Waals surface area contributed by atoms with Crippen molar-refractivity contribution in [2.75, 3.05) is 17.6 Å². The van der Waals surface area contributed by atoms with Crippen LogP contribution in [0, 0.1) is 0 Å². The zero-order valence-corrected chi connectivity index (χ0v) is 15.2. The Labute approximate surface area is 149 Å². The molecule has 0 amide bonds. The van der Waals surface area contributed by atoms with Gasteiger partial charge < -0.3 is 5.32 Å². The molecule has 0 radical (unpaired) electrons. The summed E-state index contributed by atoms with van der Waals surface area (Å²) in [6.45, 7) is 0.545. The molecule has 2 aromatic heterocycles. The van der Waals surface area contributed by atoms with Crippen LogP contribution in [-0.4, -0.2) is 30.7 Å². The molecule has 0 bridgehead atoms. The summed E-state index contributed by atoms with van der Waals surface area (Å²) >= 11 is 3.38. The fourth-order valence-corrected chi connectivity index (χ4v) is 4.03. The lowest BCUT2D eigenvalue weighted by Gasteiger charge is -2.09. The summed E-state index contributed by atoms with van der Waals surface area (Å²) in [7, 11) is -3.24. The van der Waals surface area contributed by atoms with Crippen molar-refractivity contribution >= 4 is 42.5 Å². The van der Waals surface area contributed by atoms with Crippen LogP contribution >= 0.6 is 15.9 Å². The first-order chi connectivity index (χ1) is 11.6.